The fraction of sp³-hybridized carbons (Fsp3) is 0.923. The Balaban J connectivity index is 2.42. The molecule has 15 heavy (non-hydrogen) atoms. The molecule has 1 aliphatic heterocycles. The van der Waals surface area contributed by atoms with Crippen molar-refractivity contribution in [3.05, 3.63) is 0 Å². The van der Waals surface area contributed by atoms with Crippen molar-refractivity contribution in [3.63, 3.8) is 0 Å². The summed E-state index contributed by atoms with van der Waals surface area (Å²) in [4.78, 5) is 14.2. The number of carbonyl (C=O) groups is 1. The highest BCUT2D eigenvalue weighted by Gasteiger charge is 2.25. The molecule has 0 aromatic carbocycles. The van der Waals surface area contributed by atoms with Crippen molar-refractivity contribution in [1.82, 2.24) is 4.90 Å². The highest BCUT2D eigenvalue weighted by atomic mass is 16.2. The Morgan fingerprint density at radius 2 is 1.73 bits per heavy atom. The Bertz CT molecular complexity index is 191. The van der Waals surface area contributed by atoms with Gasteiger partial charge in [0.25, 0.3) is 0 Å². The first-order chi connectivity index (χ1) is 7.22. The lowest BCUT2D eigenvalue weighted by Gasteiger charge is -2.33. The average Bonchev–Trinajstić information content (AvgIpc) is 2.30. The lowest BCUT2D eigenvalue weighted by molar-refractivity contribution is -0.137. The molecule has 0 aliphatic carbocycles. The zero-order valence-corrected chi connectivity index (χ0v) is 10.5. The van der Waals surface area contributed by atoms with Crippen LogP contribution in [0.5, 0.6) is 0 Å². The molecule has 0 atom stereocenters. The number of piperidine rings is 1. The van der Waals surface area contributed by atoms with E-state index in [0.717, 1.165) is 31.8 Å². The topological polar surface area (TPSA) is 20.3 Å². The van der Waals surface area contributed by atoms with Gasteiger partial charge in [-0.15, -0.1) is 0 Å². The van der Waals surface area contributed by atoms with Crippen LogP contribution in [0, 0.1) is 11.8 Å². The summed E-state index contributed by atoms with van der Waals surface area (Å²) in [6, 6.07) is 0. The molecule has 0 aromatic heterocycles. The van der Waals surface area contributed by atoms with Gasteiger partial charge >= 0.3 is 0 Å². The van der Waals surface area contributed by atoms with Gasteiger partial charge < -0.3 is 4.90 Å². The Hall–Kier alpha value is -0.530. The fourth-order valence-corrected chi connectivity index (χ4v) is 2.46. The lowest BCUT2D eigenvalue weighted by atomic mass is 9.93. The van der Waals surface area contributed by atoms with Gasteiger partial charge in [0.05, 0.1) is 0 Å². The summed E-state index contributed by atoms with van der Waals surface area (Å²) in [6.45, 7) is 8.47. The number of hydrogen-bond acceptors (Lipinski definition) is 1. The molecule has 88 valence electrons. The first-order valence-corrected chi connectivity index (χ1v) is 6.51. The molecule has 0 saturated carbocycles. The standard InChI is InChI=1S/C13H25NO/c1-4-11-7-9-14(10-8-11)13(15)12(5-2)6-3/h11-12H,4-10H2,1-3H3. The Morgan fingerprint density at radius 1 is 1.20 bits per heavy atom. The van der Waals surface area contributed by atoms with E-state index in [4.69, 9.17) is 0 Å². The minimum absolute atomic E-state index is 0.267. The Labute approximate surface area is 94.0 Å². The van der Waals surface area contributed by atoms with Crippen LogP contribution in [0.1, 0.15) is 52.9 Å². The van der Waals surface area contributed by atoms with E-state index in [2.05, 4.69) is 25.7 Å². The summed E-state index contributed by atoms with van der Waals surface area (Å²) in [5.74, 6) is 1.52. The second kappa shape index (κ2) is 6.14. The van der Waals surface area contributed by atoms with Gasteiger partial charge in [-0.3, -0.25) is 4.79 Å². The second-order valence-corrected chi connectivity index (χ2v) is 4.69. The molecule has 0 bridgehead atoms. The molecule has 0 spiro atoms. The summed E-state index contributed by atoms with van der Waals surface area (Å²) in [7, 11) is 0. The van der Waals surface area contributed by atoms with E-state index in [1.165, 1.54) is 19.3 Å². The molecule has 1 saturated heterocycles. The predicted molar refractivity (Wildman–Crippen MR) is 63.7 cm³/mol. The largest absolute Gasteiger partial charge is 0.342 e. The maximum atomic E-state index is 12.1. The van der Waals surface area contributed by atoms with Crippen LogP contribution < -0.4 is 0 Å². The molecule has 0 radical (unpaired) electrons. The van der Waals surface area contributed by atoms with Crippen LogP contribution in [0.2, 0.25) is 0 Å². The third-order valence-corrected chi connectivity index (χ3v) is 3.84. The molecule has 1 amide bonds. The van der Waals surface area contributed by atoms with Crippen molar-refractivity contribution in [2.24, 2.45) is 11.8 Å². The molecular weight excluding hydrogens is 186 g/mol. The van der Waals surface area contributed by atoms with E-state index < -0.39 is 0 Å². The van der Waals surface area contributed by atoms with Gasteiger partial charge in [0.1, 0.15) is 0 Å². The molecular formula is C13H25NO. The average molecular weight is 211 g/mol. The van der Waals surface area contributed by atoms with Gasteiger partial charge in [-0.2, -0.15) is 0 Å². The van der Waals surface area contributed by atoms with Crippen molar-refractivity contribution >= 4 is 5.91 Å². The first kappa shape index (κ1) is 12.5. The molecule has 2 heteroatoms. The normalized spacial score (nSPS) is 18.5. The van der Waals surface area contributed by atoms with Crippen molar-refractivity contribution in [2.75, 3.05) is 13.1 Å². The SMILES string of the molecule is CCC1CCN(C(=O)C(CC)CC)CC1. The van der Waals surface area contributed by atoms with E-state index in [1.54, 1.807) is 0 Å². The quantitative estimate of drug-likeness (QED) is 0.700. The molecule has 2 nitrogen and oxygen atoms in total. The van der Waals surface area contributed by atoms with Gasteiger partial charge in [0.2, 0.25) is 5.91 Å². The minimum atomic E-state index is 0.267. The highest BCUT2D eigenvalue weighted by Crippen LogP contribution is 2.22. The summed E-state index contributed by atoms with van der Waals surface area (Å²) < 4.78 is 0. The fourth-order valence-electron chi connectivity index (χ4n) is 2.46. The third-order valence-electron chi connectivity index (χ3n) is 3.84. The zero-order chi connectivity index (χ0) is 11.3. The van der Waals surface area contributed by atoms with Crippen LogP contribution in [-0.2, 0) is 4.79 Å². The number of nitrogens with zero attached hydrogens (tertiary/aromatic N) is 1. The van der Waals surface area contributed by atoms with E-state index in [9.17, 15) is 4.79 Å². The third kappa shape index (κ3) is 3.22. The molecule has 0 N–H and O–H groups in total. The minimum Gasteiger partial charge on any atom is -0.342 e. The van der Waals surface area contributed by atoms with Crippen LogP contribution in [0.25, 0.3) is 0 Å². The van der Waals surface area contributed by atoms with Crippen molar-refractivity contribution in [1.29, 1.82) is 0 Å². The summed E-state index contributed by atoms with van der Waals surface area (Å²) >= 11 is 0. The smallest absolute Gasteiger partial charge is 0.225 e. The van der Waals surface area contributed by atoms with Crippen LogP contribution in [0.3, 0.4) is 0 Å². The van der Waals surface area contributed by atoms with Crippen molar-refractivity contribution < 1.29 is 4.79 Å². The van der Waals surface area contributed by atoms with Gasteiger partial charge in [-0.25, -0.2) is 0 Å². The molecule has 1 heterocycles. The van der Waals surface area contributed by atoms with E-state index in [1.807, 2.05) is 0 Å². The van der Waals surface area contributed by atoms with Crippen molar-refractivity contribution in [2.45, 2.75) is 52.9 Å². The summed E-state index contributed by atoms with van der Waals surface area (Å²) in [5, 5.41) is 0. The molecule has 0 aromatic rings. The van der Waals surface area contributed by atoms with Crippen LogP contribution in [0.4, 0.5) is 0 Å². The lowest BCUT2D eigenvalue weighted by Crippen LogP contribution is -2.41. The predicted octanol–water partition coefficient (Wildman–Crippen LogP) is 3.07. The highest BCUT2D eigenvalue weighted by molar-refractivity contribution is 5.78. The molecule has 1 fully saturated rings. The number of carbonyl (C=O) groups excluding carboxylic acids is 1. The second-order valence-electron chi connectivity index (χ2n) is 4.69. The number of amides is 1. The van der Waals surface area contributed by atoms with E-state index in [-0.39, 0.29) is 5.92 Å². The number of hydrogen-bond donors (Lipinski definition) is 0. The first-order valence-electron chi connectivity index (χ1n) is 6.51. The maximum absolute atomic E-state index is 12.1. The van der Waals surface area contributed by atoms with Gasteiger partial charge in [0, 0.05) is 19.0 Å². The summed E-state index contributed by atoms with van der Waals surface area (Å²) in [6.07, 6.45) is 5.67. The van der Waals surface area contributed by atoms with Crippen LogP contribution in [-0.4, -0.2) is 23.9 Å². The van der Waals surface area contributed by atoms with Crippen LogP contribution in [0.15, 0.2) is 0 Å². The maximum Gasteiger partial charge on any atom is 0.225 e. The molecule has 1 rings (SSSR count). The zero-order valence-electron chi connectivity index (χ0n) is 10.5. The monoisotopic (exact) mass is 211 g/mol. The molecule has 0 unspecified atom stereocenters. The number of rotatable bonds is 4. The van der Waals surface area contributed by atoms with Crippen LogP contribution >= 0.6 is 0 Å². The van der Waals surface area contributed by atoms with E-state index >= 15 is 0 Å². The van der Waals surface area contributed by atoms with Gasteiger partial charge in [0.15, 0.2) is 0 Å². The molecule has 1 aliphatic rings. The van der Waals surface area contributed by atoms with Crippen molar-refractivity contribution in [3.8, 4) is 0 Å². The Kier molecular flexibility index (Phi) is 5.13. The summed E-state index contributed by atoms with van der Waals surface area (Å²) in [5.41, 5.74) is 0. The van der Waals surface area contributed by atoms with E-state index in [0.29, 0.717) is 5.91 Å². The van der Waals surface area contributed by atoms with Gasteiger partial charge in [-0.05, 0) is 31.6 Å². The number of likely N-dealkylation sites (tertiary alicyclic amines) is 1. The van der Waals surface area contributed by atoms with Gasteiger partial charge in [-0.1, -0.05) is 27.2 Å². The Morgan fingerprint density at radius 3 is 2.13 bits per heavy atom.